The maximum atomic E-state index is 12.3. The Morgan fingerprint density at radius 2 is 2.24 bits per heavy atom. The smallest absolute Gasteiger partial charge is 0.410 e. The topological polar surface area (TPSA) is 66.9 Å². The Bertz CT molecular complexity index is 669. The Kier molecular flexibility index (Phi) is 4.85. The zero-order valence-corrected chi connectivity index (χ0v) is 15.3. The van der Waals surface area contributed by atoms with Gasteiger partial charge in [0.15, 0.2) is 5.82 Å². The Morgan fingerprint density at radius 3 is 2.96 bits per heavy atom. The molecule has 1 amide bonds. The van der Waals surface area contributed by atoms with E-state index < -0.39 is 5.60 Å². The summed E-state index contributed by atoms with van der Waals surface area (Å²) in [5.74, 6) is 1.76. The van der Waals surface area contributed by atoms with Crippen molar-refractivity contribution in [3.63, 3.8) is 0 Å². The van der Waals surface area contributed by atoms with Gasteiger partial charge in [-0.1, -0.05) is 11.7 Å². The molecule has 1 saturated heterocycles. The Labute approximate surface area is 148 Å². The highest BCUT2D eigenvalue weighted by atomic mass is 16.7. The second-order valence-corrected chi connectivity index (χ2v) is 7.50. The molecular formula is C18H26N4O3. The van der Waals surface area contributed by atoms with Crippen molar-refractivity contribution in [1.29, 1.82) is 0 Å². The van der Waals surface area contributed by atoms with E-state index in [4.69, 9.17) is 9.57 Å². The molecule has 0 saturated carbocycles. The van der Waals surface area contributed by atoms with Crippen LogP contribution >= 0.6 is 0 Å². The fourth-order valence-electron chi connectivity index (χ4n) is 3.01. The van der Waals surface area contributed by atoms with Crippen LogP contribution in [-0.4, -0.2) is 34.7 Å². The molecule has 0 aliphatic carbocycles. The van der Waals surface area contributed by atoms with Gasteiger partial charge in [0.25, 0.3) is 0 Å². The van der Waals surface area contributed by atoms with Crippen LogP contribution in [0.25, 0.3) is 0 Å². The lowest BCUT2D eigenvalue weighted by Gasteiger charge is -2.33. The van der Waals surface area contributed by atoms with Crippen LogP contribution in [0.15, 0.2) is 30.3 Å². The van der Waals surface area contributed by atoms with Gasteiger partial charge in [0.1, 0.15) is 11.4 Å². The van der Waals surface area contributed by atoms with Crippen LogP contribution in [0.1, 0.15) is 39.2 Å². The number of amides is 1. The van der Waals surface area contributed by atoms with Gasteiger partial charge < -0.3 is 14.5 Å². The summed E-state index contributed by atoms with van der Waals surface area (Å²) >= 11 is 0. The lowest BCUT2D eigenvalue weighted by atomic mass is 9.96. The average Bonchev–Trinajstić information content (AvgIpc) is 3.03. The molecule has 3 heterocycles. The maximum Gasteiger partial charge on any atom is 0.410 e. The minimum atomic E-state index is -0.484. The number of hydrazine groups is 1. The third-order valence-corrected chi connectivity index (χ3v) is 4.20. The van der Waals surface area contributed by atoms with Gasteiger partial charge in [0.2, 0.25) is 0 Å². The summed E-state index contributed by atoms with van der Waals surface area (Å²) in [5.41, 5.74) is 3.45. The number of aryl methyl sites for hydroxylation is 1. The lowest BCUT2D eigenvalue weighted by Crippen LogP contribution is -2.43. The molecule has 1 atom stereocenters. The highest BCUT2D eigenvalue weighted by molar-refractivity contribution is 5.68. The summed E-state index contributed by atoms with van der Waals surface area (Å²) in [7, 11) is 0. The van der Waals surface area contributed by atoms with E-state index in [2.05, 4.69) is 10.6 Å². The summed E-state index contributed by atoms with van der Waals surface area (Å²) in [5, 5.41) is 1.77. The van der Waals surface area contributed by atoms with Gasteiger partial charge in [0.05, 0.1) is 6.20 Å². The first-order valence-corrected chi connectivity index (χ1v) is 8.66. The van der Waals surface area contributed by atoms with E-state index in [0.29, 0.717) is 6.54 Å². The van der Waals surface area contributed by atoms with E-state index in [0.717, 1.165) is 36.5 Å². The van der Waals surface area contributed by atoms with E-state index in [-0.39, 0.29) is 12.0 Å². The molecule has 136 valence electrons. The van der Waals surface area contributed by atoms with Gasteiger partial charge in [-0.2, -0.15) is 0 Å². The summed E-state index contributed by atoms with van der Waals surface area (Å²) in [4.78, 5) is 24.1. The molecular weight excluding hydrogens is 320 g/mol. The van der Waals surface area contributed by atoms with E-state index in [1.807, 2.05) is 46.0 Å². The number of pyridine rings is 1. The van der Waals surface area contributed by atoms with E-state index in [1.54, 1.807) is 16.1 Å². The van der Waals surface area contributed by atoms with Crippen molar-refractivity contribution in [1.82, 2.24) is 15.5 Å². The monoisotopic (exact) mass is 346 g/mol. The molecule has 0 bridgehead atoms. The van der Waals surface area contributed by atoms with Gasteiger partial charge in [-0.15, -0.1) is 0 Å². The van der Waals surface area contributed by atoms with Crippen LogP contribution in [0, 0.1) is 12.8 Å². The van der Waals surface area contributed by atoms with E-state index >= 15 is 0 Å². The zero-order valence-electron chi connectivity index (χ0n) is 15.3. The van der Waals surface area contributed by atoms with Crippen LogP contribution in [-0.2, 0) is 9.57 Å². The van der Waals surface area contributed by atoms with Gasteiger partial charge in [0, 0.05) is 25.2 Å². The summed E-state index contributed by atoms with van der Waals surface area (Å²) in [6.45, 7) is 8.96. The molecule has 1 fully saturated rings. The molecule has 1 aromatic rings. The summed E-state index contributed by atoms with van der Waals surface area (Å²) < 4.78 is 5.49. The highest BCUT2D eigenvalue weighted by Crippen LogP contribution is 2.29. The molecule has 2 aliphatic rings. The van der Waals surface area contributed by atoms with E-state index in [9.17, 15) is 4.79 Å². The number of nitrogens with zero attached hydrogens (tertiary/aromatic N) is 3. The van der Waals surface area contributed by atoms with Gasteiger partial charge in [-0.3, -0.25) is 0 Å². The summed E-state index contributed by atoms with van der Waals surface area (Å²) in [6.07, 6.45) is 5.30. The quantitative estimate of drug-likeness (QED) is 0.887. The largest absolute Gasteiger partial charge is 0.444 e. The van der Waals surface area contributed by atoms with Crippen molar-refractivity contribution < 1.29 is 14.4 Å². The first-order chi connectivity index (χ1) is 11.8. The molecule has 0 spiro atoms. The number of likely N-dealkylation sites (tertiary alicyclic amines) is 1. The number of carbonyl (C=O) groups excluding carboxylic acids is 1. The van der Waals surface area contributed by atoms with Crippen LogP contribution in [0.4, 0.5) is 10.6 Å². The Balaban J connectivity index is 1.67. The number of nitrogens with one attached hydrogen (secondary N) is 1. The minimum absolute atomic E-state index is 0.141. The lowest BCUT2D eigenvalue weighted by molar-refractivity contribution is 0.0131. The second-order valence-electron chi connectivity index (χ2n) is 7.50. The minimum Gasteiger partial charge on any atom is -0.444 e. The normalized spacial score (nSPS) is 21.0. The van der Waals surface area contributed by atoms with Crippen molar-refractivity contribution in [2.75, 3.05) is 18.1 Å². The zero-order chi connectivity index (χ0) is 18.0. The van der Waals surface area contributed by atoms with Gasteiger partial charge in [-0.25, -0.2) is 14.8 Å². The first kappa shape index (κ1) is 17.5. The fourth-order valence-corrected chi connectivity index (χ4v) is 3.01. The molecule has 2 aliphatic heterocycles. The number of aromatic nitrogens is 1. The number of anilines is 1. The van der Waals surface area contributed by atoms with Crippen molar-refractivity contribution in [2.24, 2.45) is 5.92 Å². The standard InChI is InChI=1S/C18H26N4O3/c1-13-7-5-9-19-16(13)22-12-15(25-20-22)14-8-6-10-21(11-14)17(23)24-18(2,3)4/h5,7,9,12,14,20H,6,8,10-11H2,1-4H3/t14-/m0/s1. The molecule has 0 radical (unpaired) electrons. The number of hydrogen-bond acceptors (Lipinski definition) is 6. The van der Waals surface area contributed by atoms with Crippen molar-refractivity contribution in [3.05, 3.63) is 35.9 Å². The third-order valence-electron chi connectivity index (χ3n) is 4.20. The highest BCUT2D eigenvalue weighted by Gasteiger charge is 2.32. The van der Waals surface area contributed by atoms with Crippen LogP contribution in [0.2, 0.25) is 0 Å². The molecule has 7 nitrogen and oxygen atoms in total. The van der Waals surface area contributed by atoms with Crippen molar-refractivity contribution in [2.45, 2.75) is 46.1 Å². The first-order valence-electron chi connectivity index (χ1n) is 8.66. The molecule has 0 aromatic carbocycles. The molecule has 25 heavy (non-hydrogen) atoms. The molecule has 0 unspecified atom stereocenters. The Morgan fingerprint density at radius 1 is 1.44 bits per heavy atom. The molecule has 7 heteroatoms. The number of rotatable bonds is 2. The van der Waals surface area contributed by atoms with Crippen LogP contribution in [0.5, 0.6) is 0 Å². The number of ether oxygens (including phenoxy) is 1. The van der Waals surface area contributed by atoms with Gasteiger partial charge >= 0.3 is 6.09 Å². The second kappa shape index (κ2) is 6.92. The average molecular weight is 346 g/mol. The van der Waals surface area contributed by atoms with Crippen LogP contribution < -0.4 is 10.6 Å². The predicted molar refractivity (Wildman–Crippen MR) is 94.3 cm³/mol. The fraction of sp³-hybridized carbons (Fsp3) is 0.556. The number of hydrogen-bond donors (Lipinski definition) is 1. The van der Waals surface area contributed by atoms with E-state index in [1.165, 1.54) is 0 Å². The van der Waals surface area contributed by atoms with Gasteiger partial charge in [-0.05, 0) is 52.2 Å². The summed E-state index contributed by atoms with van der Waals surface area (Å²) in [6, 6.07) is 3.90. The predicted octanol–water partition coefficient (Wildman–Crippen LogP) is 3.13. The number of piperidine rings is 1. The molecule has 1 N–H and O–H groups in total. The maximum absolute atomic E-state index is 12.3. The SMILES string of the molecule is Cc1cccnc1N1C=C([C@H]2CCCN(C(=O)OC(C)(C)C)C2)ON1. The third kappa shape index (κ3) is 4.22. The van der Waals surface area contributed by atoms with Crippen molar-refractivity contribution >= 4 is 11.9 Å². The molecule has 1 aromatic heterocycles. The molecule has 3 rings (SSSR count). The number of carbonyl (C=O) groups is 1. The van der Waals surface area contributed by atoms with Crippen molar-refractivity contribution in [3.8, 4) is 0 Å². The van der Waals surface area contributed by atoms with Crippen LogP contribution in [0.3, 0.4) is 0 Å². The Hall–Kier alpha value is -2.28.